The van der Waals surface area contributed by atoms with Crippen LogP contribution >= 0.6 is 15.9 Å². The van der Waals surface area contributed by atoms with Gasteiger partial charge in [0.1, 0.15) is 0 Å². The number of rotatable bonds is 4. The Hall–Kier alpha value is -2.50. The molecule has 1 saturated heterocycles. The molecule has 1 aliphatic rings. The van der Waals surface area contributed by atoms with Crippen molar-refractivity contribution in [2.24, 2.45) is 0 Å². The van der Waals surface area contributed by atoms with E-state index in [9.17, 15) is 4.79 Å². The molecule has 1 fully saturated rings. The Morgan fingerprint density at radius 2 is 1.43 bits per heavy atom. The second-order valence-electron chi connectivity index (χ2n) is 6.94. The van der Waals surface area contributed by atoms with Gasteiger partial charge in [-0.15, -0.1) is 0 Å². The monoisotopic (exact) mass is 435 g/mol. The summed E-state index contributed by atoms with van der Waals surface area (Å²) in [4.78, 5) is 21.3. The number of hydrogen-bond acceptors (Lipinski definition) is 3. The third kappa shape index (κ3) is 4.16. The quantitative estimate of drug-likeness (QED) is 0.609. The van der Waals surface area contributed by atoms with Crippen LogP contribution in [0.4, 0.5) is 0 Å². The van der Waals surface area contributed by atoms with Gasteiger partial charge >= 0.3 is 0 Å². The van der Waals surface area contributed by atoms with Gasteiger partial charge in [-0.3, -0.25) is 14.7 Å². The van der Waals surface area contributed by atoms with Crippen LogP contribution in [0.3, 0.4) is 0 Å². The maximum absolute atomic E-state index is 12.8. The number of pyridine rings is 1. The number of halogens is 1. The van der Waals surface area contributed by atoms with Crippen LogP contribution in [-0.2, 0) is 0 Å². The summed E-state index contributed by atoms with van der Waals surface area (Å²) in [5, 5.41) is 0. The van der Waals surface area contributed by atoms with E-state index < -0.39 is 0 Å². The first kappa shape index (κ1) is 18.8. The summed E-state index contributed by atoms with van der Waals surface area (Å²) in [6.45, 7) is 3.09. The van der Waals surface area contributed by atoms with Gasteiger partial charge in [-0.25, -0.2) is 0 Å². The van der Waals surface area contributed by atoms with E-state index in [4.69, 9.17) is 0 Å². The molecule has 0 unspecified atom stereocenters. The summed E-state index contributed by atoms with van der Waals surface area (Å²) in [7, 11) is 0. The van der Waals surface area contributed by atoms with Gasteiger partial charge in [0.05, 0.1) is 11.6 Å². The van der Waals surface area contributed by atoms with Crippen LogP contribution in [0.1, 0.15) is 27.5 Å². The van der Waals surface area contributed by atoms with Gasteiger partial charge in [0, 0.05) is 43.0 Å². The van der Waals surface area contributed by atoms with Crippen molar-refractivity contribution in [3.63, 3.8) is 0 Å². The highest BCUT2D eigenvalue weighted by Crippen LogP contribution is 2.29. The highest BCUT2D eigenvalue weighted by atomic mass is 79.9. The number of piperazine rings is 1. The van der Waals surface area contributed by atoms with Crippen molar-refractivity contribution in [1.82, 2.24) is 14.8 Å². The predicted octanol–water partition coefficient (Wildman–Crippen LogP) is 4.39. The summed E-state index contributed by atoms with van der Waals surface area (Å²) < 4.78 is 0.824. The zero-order valence-corrected chi connectivity index (χ0v) is 17.1. The Kier molecular flexibility index (Phi) is 5.84. The van der Waals surface area contributed by atoms with E-state index >= 15 is 0 Å². The van der Waals surface area contributed by atoms with Crippen LogP contribution in [-0.4, -0.2) is 46.9 Å². The summed E-state index contributed by atoms with van der Waals surface area (Å²) in [5.74, 6) is 0.0458. The molecule has 3 aromatic rings. The Balaban J connectivity index is 1.51. The molecule has 0 N–H and O–H groups in total. The molecule has 142 valence electrons. The van der Waals surface area contributed by atoms with Crippen molar-refractivity contribution in [1.29, 1.82) is 0 Å². The first-order chi connectivity index (χ1) is 13.7. The number of benzene rings is 2. The molecule has 0 spiro atoms. The second kappa shape index (κ2) is 8.67. The minimum Gasteiger partial charge on any atom is -0.336 e. The predicted molar refractivity (Wildman–Crippen MR) is 114 cm³/mol. The number of amides is 1. The van der Waals surface area contributed by atoms with E-state index in [1.54, 1.807) is 12.4 Å². The Morgan fingerprint density at radius 1 is 0.857 bits per heavy atom. The van der Waals surface area contributed by atoms with Crippen LogP contribution in [0.5, 0.6) is 0 Å². The zero-order valence-electron chi connectivity index (χ0n) is 15.5. The molecule has 2 heterocycles. The molecule has 0 atom stereocenters. The fourth-order valence-electron chi connectivity index (χ4n) is 3.78. The van der Waals surface area contributed by atoms with E-state index in [1.807, 2.05) is 23.1 Å². The summed E-state index contributed by atoms with van der Waals surface area (Å²) >= 11 is 3.39. The highest BCUT2D eigenvalue weighted by molar-refractivity contribution is 9.10. The fourth-order valence-corrected chi connectivity index (χ4v) is 4.14. The molecule has 1 aromatic heterocycles. The fraction of sp³-hybridized carbons (Fsp3) is 0.217. The lowest BCUT2D eigenvalue weighted by atomic mass is 9.96. The average Bonchev–Trinajstić information content (AvgIpc) is 2.75. The molecule has 4 nitrogen and oxygen atoms in total. The van der Waals surface area contributed by atoms with E-state index in [2.05, 4.69) is 74.3 Å². The highest BCUT2D eigenvalue weighted by Gasteiger charge is 2.28. The van der Waals surface area contributed by atoms with Crippen molar-refractivity contribution in [2.45, 2.75) is 6.04 Å². The van der Waals surface area contributed by atoms with E-state index in [-0.39, 0.29) is 11.9 Å². The van der Waals surface area contributed by atoms with Gasteiger partial charge < -0.3 is 4.90 Å². The normalized spacial score (nSPS) is 15.0. The van der Waals surface area contributed by atoms with Crippen LogP contribution in [0, 0.1) is 0 Å². The van der Waals surface area contributed by atoms with Gasteiger partial charge in [0.2, 0.25) is 0 Å². The largest absolute Gasteiger partial charge is 0.336 e. The van der Waals surface area contributed by atoms with Gasteiger partial charge in [0.15, 0.2) is 0 Å². The lowest BCUT2D eigenvalue weighted by molar-refractivity contribution is 0.0597. The molecule has 0 aliphatic carbocycles. The minimum absolute atomic E-state index is 0.0458. The lowest BCUT2D eigenvalue weighted by Crippen LogP contribution is -2.49. The van der Waals surface area contributed by atoms with Crippen LogP contribution in [0.2, 0.25) is 0 Å². The Bertz CT molecular complexity index is 885. The molecule has 0 radical (unpaired) electrons. The van der Waals surface area contributed by atoms with Crippen LogP contribution in [0.15, 0.2) is 83.6 Å². The smallest absolute Gasteiger partial charge is 0.255 e. The molecule has 1 aliphatic heterocycles. The first-order valence-corrected chi connectivity index (χ1v) is 10.3. The third-order valence-electron chi connectivity index (χ3n) is 5.15. The van der Waals surface area contributed by atoms with Crippen molar-refractivity contribution in [3.8, 4) is 0 Å². The van der Waals surface area contributed by atoms with Gasteiger partial charge in [-0.2, -0.15) is 0 Å². The van der Waals surface area contributed by atoms with Crippen LogP contribution < -0.4 is 0 Å². The van der Waals surface area contributed by atoms with E-state index in [0.29, 0.717) is 18.7 Å². The molecule has 1 amide bonds. The average molecular weight is 436 g/mol. The van der Waals surface area contributed by atoms with E-state index in [0.717, 1.165) is 17.6 Å². The van der Waals surface area contributed by atoms with Crippen molar-refractivity contribution in [2.75, 3.05) is 26.2 Å². The van der Waals surface area contributed by atoms with Gasteiger partial charge in [0.25, 0.3) is 5.91 Å². The molecule has 0 saturated carbocycles. The second-order valence-corrected chi connectivity index (χ2v) is 7.86. The molecule has 4 rings (SSSR count). The SMILES string of the molecule is O=C(c1cncc(Br)c1)N1CCN(C(c2ccccc2)c2ccccc2)CC1. The molecule has 0 bridgehead atoms. The molecule has 28 heavy (non-hydrogen) atoms. The first-order valence-electron chi connectivity index (χ1n) is 9.46. The Labute approximate surface area is 173 Å². The van der Waals surface area contributed by atoms with E-state index in [1.165, 1.54) is 11.1 Å². The minimum atomic E-state index is 0.0458. The summed E-state index contributed by atoms with van der Waals surface area (Å²) in [5.41, 5.74) is 3.19. The molecular formula is C23H22BrN3O. The maximum Gasteiger partial charge on any atom is 0.255 e. The van der Waals surface area contributed by atoms with Crippen LogP contribution in [0.25, 0.3) is 0 Å². The number of aromatic nitrogens is 1. The number of hydrogen-bond donors (Lipinski definition) is 0. The maximum atomic E-state index is 12.8. The summed E-state index contributed by atoms with van der Waals surface area (Å²) in [6, 6.07) is 23.2. The molecular weight excluding hydrogens is 414 g/mol. The Morgan fingerprint density at radius 3 is 1.96 bits per heavy atom. The van der Waals surface area contributed by atoms with Crippen molar-refractivity contribution in [3.05, 3.63) is 100 Å². The summed E-state index contributed by atoms with van der Waals surface area (Å²) in [6.07, 6.45) is 3.33. The topological polar surface area (TPSA) is 36.4 Å². The number of nitrogens with zero attached hydrogens (tertiary/aromatic N) is 3. The van der Waals surface area contributed by atoms with Crippen molar-refractivity contribution < 1.29 is 4.79 Å². The van der Waals surface area contributed by atoms with Crippen molar-refractivity contribution >= 4 is 21.8 Å². The van der Waals surface area contributed by atoms with Gasteiger partial charge in [-0.05, 0) is 33.1 Å². The molecule has 2 aromatic carbocycles. The standard InChI is InChI=1S/C23H22BrN3O/c24-21-15-20(16-25-17-21)23(28)27-13-11-26(12-14-27)22(18-7-3-1-4-8-18)19-9-5-2-6-10-19/h1-10,15-17,22H,11-14H2. The zero-order chi connectivity index (χ0) is 19.3. The lowest BCUT2D eigenvalue weighted by Gasteiger charge is -2.39. The van der Waals surface area contributed by atoms with Gasteiger partial charge in [-0.1, -0.05) is 60.7 Å². The number of carbonyl (C=O) groups excluding carboxylic acids is 1. The molecule has 5 heteroatoms. The number of carbonyl (C=O) groups is 1. The third-order valence-corrected chi connectivity index (χ3v) is 5.58.